The number of aromatic hydroxyl groups is 1. The Kier molecular flexibility index (Phi) is 5.60. The van der Waals surface area contributed by atoms with Crippen molar-refractivity contribution in [3.63, 3.8) is 0 Å². The largest absolute Gasteiger partial charge is 0.507 e. The van der Waals surface area contributed by atoms with Gasteiger partial charge in [-0.15, -0.1) is 0 Å². The molecule has 20 heavy (non-hydrogen) atoms. The third kappa shape index (κ3) is 5.02. The Bertz CT molecular complexity index is 528. The SMILES string of the molecule is C[C@@H](O)CCC(=O)N/N=C\c1cc([N+](=O)[O-])ccc1O. The molecule has 0 aliphatic carbocycles. The van der Waals surface area contributed by atoms with Crippen LogP contribution in [0.15, 0.2) is 23.3 Å². The van der Waals surface area contributed by atoms with Crippen LogP contribution in [0.5, 0.6) is 5.75 Å². The number of aliphatic hydroxyl groups is 1. The molecule has 0 saturated carbocycles. The molecule has 0 radical (unpaired) electrons. The normalized spacial score (nSPS) is 12.3. The predicted molar refractivity (Wildman–Crippen MR) is 71.4 cm³/mol. The zero-order valence-corrected chi connectivity index (χ0v) is 10.8. The zero-order valence-electron chi connectivity index (χ0n) is 10.8. The van der Waals surface area contributed by atoms with Crippen LogP contribution < -0.4 is 5.43 Å². The molecule has 0 aliphatic heterocycles. The molecule has 3 N–H and O–H groups in total. The Morgan fingerprint density at radius 3 is 2.90 bits per heavy atom. The number of amides is 1. The van der Waals surface area contributed by atoms with Gasteiger partial charge in [-0.2, -0.15) is 5.10 Å². The number of hydrogen-bond donors (Lipinski definition) is 3. The maximum atomic E-state index is 11.3. The number of nitrogens with one attached hydrogen (secondary N) is 1. The number of carbonyl (C=O) groups excluding carboxylic acids is 1. The summed E-state index contributed by atoms with van der Waals surface area (Å²) in [5, 5.41) is 32.7. The molecule has 0 unspecified atom stereocenters. The van der Waals surface area contributed by atoms with Crippen molar-refractivity contribution in [1.29, 1.82) is 0 Å². The van der Waals surface area contributed by atoms with E-state index in [0.717, 1.165) is 18.3 Å². The van der Waals surface area contributed by atoms with Gasteiger partial charge in [0.05, 0.1) is 17.2 Å². The highest BCUT2D eigenvalue weighted by molar-refractivity contribution is 5.86. The molecule has 108 valence electrons. The number of benzene rings is 1. The number of carbonyl (C=O) groups is 1. The van der Waals surface area contributed by atoms with Crippen molar-refractivity contribution < 1.29 is 19.9 Å². The van der Waals surface area contributed by atoms with Gasteiger partial charge in [-0.25, -0.2) is 5.43 Å². The van der Waals surface area contributed by atoms with E-state index in [1.165, 1.54) is 6.07 Å². The molecule has 1 atom stereocenters. The molecule has 0 saturated heterocycles. The quantitative estimate of drug-likeness (QED) is 0.406. The Balaban J connectivity index is 2.64. The van der Waals surface area contributed by atoms with E-state index in [9.17, 15) is 20.0 Å². The van der Waals surface area contributed by atoms with Gasteiger partial charge in [0.25, 0.3) is 5.69 Å². The summed E-state index contributed by atoms with van der Waals surface area (Å²) >= 11 is 0. The Morgan fingerprint density at radius 2 is 2.30 bits per heavy atom. The van der Waals surface area contributed by atoms with E-state index in [1.54, 1.807) is 6.92 Å². The fourth-order valence-corrected chi connectivity index (χ4v) is 1.33. The molecular weight excluding hydrogens is 266 g/mol. The zero-order chi connectivity index (χ0) is 15.1. The Morgan fingerprint density at radius 1 is 1.60 bits per heavy atom. The minimum absolute atomic E-state index is 0.107. The van der Waals surface area contributed by atoms with Gasteiger partial charge < -0.3 is 10.2 Å². The van der Waals surface area contributed by atoms with Crippen molar-refractivity contribution in [2.75, 3.05) is 0 Å². The van der Waals surface area contributed by atoms with E-state index in [2.05, 4.69) is 10.5 Å². The van der Waals surface area contributed by atoms with Crippen molar-refractivity contribution in [3.05, 3.63) is 33.9 Å². The minimum Gasteiger partial charge on any atom is -0.507 e. The number of nitro groups is 1. The lowest BCUT2D eigenvalue weighted by Gasteiger charge is -2.02. The molecule has 1 aromatic rings. The van der Waals surface area contributed by atoms with Crippen LogP contribution in [0.1, 0.15) is 25.3 Å². The fourth-order valence-electron chi connectivity index (χ4n) is 1.33. The lowest BCUT2D eigenvalue weighted by molar-refractivity contribution is -0.384. The summed E-state index contributed by atoms with van der Waals surface area (Å²) in [5.41, 5.74) is 2.13. The van der Waals surface area contributed by atoms with Crippen LogP contribution in [0.4, 0.5) is 5.69 Å². The Hall–Kier alpha value is -2.48. The van der Waals surface area contributed by atoms with Gasteiger partial charge in [0.15, 0.2) is 0 Å². The van der Waals surface area contributed by atoms with Gasteiger partial charge in [-0.1, -0.05) is 0 Å². The van der Waals surface area contributed by atoms with Gasteiger partial charge in [0.1, 0.15) is 5.75 Å². The van der Waals surface area contributed by atoms with Crippen molar-refractivity contribution in [2.24, 2.45) is 5.10 Å². The molecular formula is C12H15N3O5. The van der Waals surface area contributed by atoms with Gasteiger partial charge in [0, 0.05) is 24.1 Å². The monoisotopic (exact) mass is 281 g/mol. The molecule has 0 fully saturated rings. The summed E-state index contributed by atoms with van der Waals surface area (Å²) in [6.07, 6.45) is 0.952. The first-order chi connectivity index (χ1) is 9.40. The van der Waals surface area contributed by atoms with Gasteiger partial charge in [-0.05, 0) is 19.4 Å². The first-order valence-corrected chi connectivity index (χ1v) is 5.87. The van der Waals surface area contributed by atoms with E-state index < -0.39 is 16.9 Å². The van der Waals surface area contributed by atoms with Crippen LogP contribution in [0.2, 0.25) is 0 Å². The Labute approximate surface area is 114 Å². The standard InChI is InChI=1S/C12H15N3O5/c1-8(16)2-5-12(18)14-13-7-9-6-10(15(19)20)3-4-11(9)17/h3-4,6-8,16-17H,2,5H2,1H3,(H,14,18)/b13-7-/t8-/m1/s1. The number of aliphatic hydroxyl groups excluding tert-OH is 1. The van der Waals surface area contributed by atoms with E-state index in [1.807, 2.05) is 0 Å². The van der Waals surface area contributed by atoms with E-state index in [0.29, 0.717) is 6.42 Å². The first kappa shape index (κ1) is 15.6. The number of hydrogen-bond acceptors (Lipinski definition) is 6. The fraction of sp³-hybridized carbons (Fsp3) is 0.333. The van der Waals surface area contributed by atoms with Crippen LogP contribution in [0.3, 0.4) is 0 Å². The molecule has 0 aliphatic rings. The van der Waals surface area contributed by atoms with Gasteiger partial charge in [-0.3, -0.25) is 14.9 Å². The minimum atomic E-state index is -0.599. The molecule has 1 amide bonds. The third-order valence-corrected chi connectivity index (χ3v) is 2.40. The number of phenolic OH excluding ortho intramolecular Hbond substituents is 1. The summed E-state index contributed by atoms with van der Waals surface area (Å²) in [6.45, 7) is 1.57. The molecule has 0 spiro atoms. The van der Waals surface area contributed by atoms with Crippen LogP contribution in [-0.2, 0) is 4.79 Å². The van der Waals surface area contributed by atoms with Crippen LogP contribution >= 0.6 is 0 Å². The van der Waals surface area contributed by atoms with E-state index >= 15 is 0 Å². The third-order valence-electron chi connectivity index (χ3n) is 2.40. The maximum Gasteiger partial charge on any atom is 0.270 e. The van der Waals surface area contributed by atoms with E-state index in [-0.39, 0.29) is 23.4 Å². The van der Waals surface area contributed by atoms with Gasteiger partial charge in [0.2, 0.25) is 5.91 Å². The average molecular weight is 281 g/mol. The molecule has 0 aromatic heterocycles. The average Bonchev–Trinajstić information content (AvgIpc) is 2.38. The summed E-state index contributed by atoms with van der Waals surface area (Å²) in [7, 11) is 0. The summed E-state index contributed by atoms with van der Waals surface area (Å²) < 4.78 is 0. The number of hydrazone groups is 1. The number of rotatable bonds is 6. The predicted octanol–water partition coefficient (Wildman–Crippen LogP) is 0.911. The van der Waals surface area contributed by atoms with Crippen LogP contribution in [0, 0.1) is 10.1 Å². The molecule has 8 nitrogen and oxygen atoms in total. The molecule has 1 aromatic carbocycles. The maximum absolute atomic E-state index is 11.3. The van der Waals surface area contributed by atoms with Crippen molar-refractivity contribution >= 4 is 17.8 Å². The topological polar surface area (TPSA) is 125 Å². The first-order valence-electron chi connectivity index (χ1n) is 5.87. The van der Waals surface area contributed by atoms with Crippen LogP contribution in [-0.4, -0.2) is 33.4 Å². The highest BCUT2D eigenvalue weighted by Crippen LogP contribution is 2.21. The molecule has 8 heteroatoms. The highest BCUT2D eigenvalue weighted by Gasteiger charge is 2.09. The molecule has 1 rings (SSSR count). The lowest BCUT2D eigenvalue weighted by atomic mass is 10.2. The number of phenols is 1. The number of nitro benzene ring substituents is 1. The lowest BCUT2D eigenvalue weighted by Crippen LogP contribution is -2.18. The molecule has 0 bridgehead atoms. The smallest absolute Gasteiger partial charge is 0.270 e. The summed E-state index contributed by atoms with van der Waals surface area (Å²) in [5.74, 6) is -0.579. The summed E-state index contributed by atoms with van der Waals surface area (Å²) in [4.78, 5) is 21.3. The highest BCUT2D eigenvalue weighted by atomic mass is 16.6. The summed E-state index contributed by atoms with van der Waals surface area (Å²) in [6, 6.07) is 3.48. The van der Waals surface area contributed by atoms with E-state index in [4.69, 9.17) is 5.11 Å². The van der Waals surface area contributed by atoms with Crippen molar-refractivity contribution in [2.45, 2.75) is 25.9 Å². The van der Waals surface area contributed by atoms with Crippen LogP contribution in [0.25, 0.3) is 0 Å². The molecule has 0 heterocycles. The second-order valence-electron chi connectivity index (χ2n) is 4.18. The second kappa shape index (κ2) is 7.19. The second-order valence-corrected chi connectivity index (χ2v) is 4.18. The van der Waals surface area contributed by atoms with Gasteiger partial charge >= 0.3 is 0 Å². The van der Waals surface area contributed by atoms with Crippen molar-refractivity contribution in [1.82, 2.24) is 5.43 Å². The van der Waals surface area contributed by atoms with Crippen molar-refractivity contribution in [3.8, 4) is 5.75 Å². The number of nitrogens with zero attached hydrogens (tertiary/aromatic N) is 2. The number of non-ortho nitro benzene ring substituents is 1.